The molecule has 3 aliphatic heterocycles. The minimum atomic E-state index is -2.25. The standard InChI is InChI=1S/C43H64O16/c1-5-7-10-18-33(48)54-24-32-36(50)37(51)38(52)42(56-32)58-39-31(22-44)59-43(35-27(23-55-43)20-28(45)21-30(35)47)41(53)40(39)57-34(49)19-14-9-13-17-29(46)26(4)16-12-8-11-15-25(3)6-2/h9,11,13-15,19-21,25-26,29,31-32,36-42,44-47,50-53H,5-8,10,12,16-18,22-24H2,1-4H3/t25-,26-,29+,31-,32+,36-,37-,38-,39-,40+,41-,42-,43+/m1/s1. The largest absolute Gasteiger partial charge is 0.508 e. The van der Waals surface area contributed by atoms with Gasteiger partial charge in [-0.15, -0.1) is 0 Å². The molecular weight excluding hydrogens is 772 g/mol. The van der Waals surface area contributed by atoms with E-state index in [1.807, 2.05) is 13.8 Å². The Kier molecular flexibility index (Phi) is 18.8. The quantitative estimate of drug-likeness (QED) is 0.0291. The number of hydrogen-bond acceptors (Lipinski definition) is 16. The average molecular weight is 837 g/mol. The first kappa shape index (κ1) is 48.2. The van der Waals surface area contributed by atoms with E-state index in [0.717, 1.165) is 50.7 Å². The summed E-state index contributed by atoms with van der Waals surface area (Å²) in [5, 5.41) is 86.5. The Morgan fingerprint density at radius 1 is 0.966 bits per heavy atom. The van der Waals surface area contributed by atoms with Gasteiger partial charge in [0.25, 0.3) is 0 Å². The van der Waals surface area contributed by atoms with Crippen LogP contribution < -0.4 is 0 Å². The van der Waals surface area contributed by atoms with E-state index in [0.29, 0.717) is 18.8 Å². The number of aliphatic hydroxyl groups is 6. The topological polar surface area (TPSA) is 251 Å². The Morgan fingerprint density at radius 2 is 1.73 bits per heavy atom. The fourth-order valence-electron chi connectivity index (χ4n) is 7.31. The van der Waals surface area contributed by atoms with E-state index in [1.165, 1.54) is 12.1 Å². The van der Waals surface area contributed by atoms with Gasteiger partial charge < -0.3 is 69.3 Å². The molecule has 0 aliphatic carbocycles. The molecule has 3 aliphatic rings. The van der Waals surface area contributed by atoms with Crippen LogP contribution in [0.5, 0.6) is 11.5 Å². The maximum Gasteiger partial charge on any atom is 0.331 e. The molecule has 59 heavy (non-hydrogen) atoms. The van der Waals surface area contributed by atoms with Crippen molar-refractivity contribution in [3.05, 3.63) is 59.7 Å². The lowest BCUT2D eigenvalue weighted by Gasteiger charge is -2.50. The van der Waals surface area contributed by atoms with Gasteiger partial charge in [-0.3, -0.25) is 4.79 Å². The summed E-state index contributed by atoms with van der Waals surface area (Å²) >= 11 is 0. The van der Waals surface area contributed by atoms with Crippen molar-refractivity contribution in [2.75, 3.05) is 13.2 Å². The number of carbonyl (C=O) groups excluding carboxylic acids is 2. The summed E-state index contributed by atoms with van der Waals surface area (Å²) in [6, 6.07) is 2.28. The fourth-order valence-corrected chi connectivity index (χ4v) is 7.31. The lowest BCUT2D eigenvalue weighted by molar-refractivity contribution is -0.395. The van der Waals surface area contributed by atoms with Crippen LogP contribution in [0.1, 0.15) is 96.6 Å². The summed E-state index contributed by atoms with van der Waals surface area (Å²) in [5.41, 5.74) is 0.140. The van der Waals surface area contributed by atoms with Crippen LogP contribution in [0.4, 0.5) is 0 Å². The molecule has 16 nitrogen and oxygen atoms in total. The molecule has 16 heteroatoms. The van der Waals surface area contributed by atoms with Crippen LogP contribution in [0.3, 0.4) is 0 Å². The van der Waals surface area contributed by atoms with Gasteiger partial charge >= 0.3 is 11.9 Å². The third-order valence-electron chi connectivity index (χ3n) is 11.1. The number of aromatic hydroxyl groups is 2. The van der Waals surface area contributed by atoms with Crippen LogP contribution >= 0.6 is 0 Å². The number of esters is 2. The molecule has 0 amide bonds. The van der Waals surface area contributed by atoms with Gasteiger partial charge in [-0.1, -0.05) is 77.3 Å². The summed E-state index contributed by atoms with van der Waals surface area (Å²) in [6.45, 7) is 6.64. The van der Waals surface area contributed by atoms with Crippen LogP contribution in [0.25, 0.3) is 0 Å². The number of aliphatic hydroxyl groups excluding tert-OH is 6. The number of rotatable bonds is 21. The summed E-state index contributed by atoms with van der Waals surface area (Å²) in [7, 11) is 0. The molecule has 0 unspecified atom stereocenters. The molecule has 4 rings (SSSR count). The minimum absolute atomic E-state index is 0.0487. The van der Waals surface area contributed by atoms with Crippen LogP contribution in [-0.4, -0.2) is 127 Å². The number of fused-ring (bicyclic) bond motifs is 2. The van der Waals surface area contributed by atoms with E-state index in [1.54, 1.807) is 12.2 Å². The third kappa shape index (κ3) is 12.6. The highest BCUT2D eigenvalue weighted by atomic mass is 16.8. The Labute approximate surface area is 345 Å². The Balaban J connectivity index is 1.50. The molecule has 0 saturated carbocycles. The lowest BCUT2D eigenvalue weighted by atomic mass is 9.86. The Hall–Kier alpha value is -3.42. The maximum absolute atomic E-state index is 13.3. The van der Waals surface area contributed by atoms with Gasteiger partial charge in [-0.25, -0.2) is 4.79 Å². The van der Waals surface area contributed by atoms with Gasteiger partial charge in [0, 0.05) is 18.6 Å². The molecular formula is C43H64O16. The molecule has 2 saturated heterocycles. The Bertz CT molecular complexity index is 1580. The van der Waals surface area contributed by atoms with E-state index >= 15 is 0 Å². The zero-order valence-electron chi connectivity index (χ0n) is 34.4. The van der Waals surface area contributed by atoms with Gasteiger partial charge in [-0.2, -0.15) is 0 Å². The first-order valence-corrected chi connectivity index (χ1v) is 20.7. The molecule has 1 spiro atoms. The molecule has 8 N–H and O–H groups in total. The molecule has 2 fully saturated rings. The number of allylic oxidation sites excluding steroid dienone is 4. The second kappa shape index (κ2) is 23.0. The minimum Gasteiger partial charge on any atom is -0.508 e. The van der Waals surface area contributed by atoms with Crippen molar-refractivity contribution in [3.8, 4) is 11.5 Å². The summed E-state index contributed by atoms with van der Waals surface area (Å²) in [5.74, 6) is -4.04. The summed E-state index contributed by atoms with van der Waals surface area (Å²) in [6.07, 6.45) is 0.368. The lowest BCUT2D eigenvalue weighted by Crippen LogP contribution is -2.67. The number of carbonyl (C=O) groups is 2. The Morgan fingerprint density at radius 3 is 2.44 bits per heavy atom. The van der Waals surface area contributed by atoms with Crippen molar-refractivity contribution in [2.45, 2.75) is 159 Å². The van der Waals surface area contributed by atoms with Gasteiger partial charge in [-0.05, 0) is 55.6 Å². The molecule has 1 aromatic rings. The van der Waals surface area contributed by atoms with Gasteiger partial charge in [0.05, 0.1) is 24.9 Å². The predicted octanol–water partition coefficient (Wildman–Crippen LogP) is 3.03. The van der Waals surface area contributed by atoms with E-state index in [9.17, 15) is 50.4 Å². The third-order valence-corrected chi connectivity index (χ3v) is 11.1. The summed E-state index contributed by atoms with van der Waals surface area (Å²) < 4.78 is 34.7. The highest BCUT2D eigenvalue weighted by Crippen LogP contribution is 2.51. The number of phenols is 2. The second-order valence-corrected chi connectivity index (χ2v) is 15.7. The van der Waals surface area contributed by atoms with Crippen LogP contribution in [0, 0.1) is 11.8 Å². The predicted molar refractivity (Wildman–Crippen MR) is 211 cm³/mol. The van der Waals surface area contributed by atoms with Crippen LogP contribution in [0.15, 0.2) is 48.6 Å². The van der Waals surface area contributed by atoms with Crippen molar-refractivity contribution < 1.29 is 78.9 Å². The maximum atomic E-state index is 13.3. The van der Waals surface area contributed by atoms with Crippen molar-refractivity contribution in [3.63, 3.8) is 0 Å². The number of unbranched alkanes of at least 4 members (excludes halogenated alkanes) is 3. The van der Waals surface area contributed by atoms with E-state index in [2.05, 4.69) is 26.0 Å². The van der Waals surface area contributed by atoms with Gasteiger partial charge in [0.15, 0.2) is 18.5 Å². The van der Waals surface area contributed by atoms with E-state index < -0.39 is 97.9 Å². The molecule has 1 aromatic carbocycles. The van der Waals surface area contributed by atoms with Gasteiger partial charge in [0.1, 0.15) is 54.7 Å². The SMILES string of the molecule is CCCCCC(=O)OC[C@@H]1O[C@H](O[C@H]2[C@H](OC(=O)C=CC=CC[C@H](O)[C@H](C)CCCC=C[C@H](C)CC)[C@@H](O)[C@@]3(OCc4cc(O)cc(O)c43)O[C@@H]2CO)[C@H](O)[C@H](O)[C@@H]1O. The number of hydrogen-bond donors (Lipinski definition) is 8. The first-order chi connectivity index (χ1) is 28.2. The van der Waals surface area contributed by atoms with Crippen molar-refractivity contribution in [2.24, 2.45) is 11.8 Å². The number of phenolic OH excluding ortho intramolecular Hbond substituents is 2. The molecule has 0 radical (unpaired) electrons. The highest BCUT2D eigenvalue weighted by Gasteiger charge is 2.63. The second-order valence-electron chi connectivity index (χ2n) is 15.7. The van der Waals surface area contributed by atoms with Crippen molar-refractivity contribution in [1.29, 1.82) is 0 Å². The molecule has 3 heterocycles. The summed E-state index contributed by atoms with van der Waals surface area (Å²) in [4.78, 5) is 25.6. The zero-order chi connectivity index (χ0) is 43.3. The van der Waals surface area contributed by atoms with Gasteiger partial charge in [0.2, 0.25) is 5.79 Å². The fraction of sp³-hybridized carbons (Fsp3) is 0.674. The van der Waals surface area contributed by atoms with E-state index in [4.69, 9.17) is 28.4 Å². The first-order valence-electron chi connectivity index (χ1n) is 20.7. The molecule has 13 atom stereocenters. The normalized spacial score (nSPS) is 31.2. The van der Waals surface area contributed by atoms with Crippen LogP contribution in [0.2, 0.25) is 0 Å². The smallest absolute Gasteiger partial charge is 0.331 e. The number of benzene rings is 1. The molecule has 0 aromatic heterocycles. The molecule has 0 bridgehead atoms. The average Bonchev–Trinajstić information content (AvgIpc) is 3.58. The number of ether oxygens (including phenoxy) is 6. The highest BCUT2D eigenvalue weighted by molar-refractivity contribution is 5.82. The monoisotopic (exact) mass is 836 g/mol. The van der Waals surface area contributed by atoms with Crippen LogP contribution in [-0.2, 0) is 50.4 Å². The zero-order valence-corrected chi connectivity index (χ0v) is 34.4. The van der Waals surface area contributed by atoms with Crippen molar-refractivity contribution in [1.82, 2.24) is 0 Å². The molecule has 332 valence electrons. The van der Waals surface area contributed by atoms with Crippen molar-refractivity contribution >= 4 is 11.9 Å². The van der Waals surface area contributed by atoms with E-state index in [-0.39, 0.29) is 35.8 Å².